The van der Waals surface area contributed by atoms with Crippen molar-refractivity contribution in [2.75, 3.05) is 27.4 Å². The maximum atomic E-state index is 5.40. The van der Waals surface area contributed by atoms with Crippen molar-refractivity contribution in [3.05, 3.63) is 36.3 Å². The molecule has 0 spiro atoms. The second-order valence-corrected chi connectivity index (χ2v) is 5.45. The van der Waals surface area contributed by atoms with Crippen molar-refractivity contribution in [1.29, 1.82) is 0 Å². The summed E-state index contributed by atoms with van der Waals surface area (Å²) in [6.45, 7) is 3.98. The minimum absolute atomic E-state index is 0.355. The third kappa shape index (κ3) is 4.06. The van der Waals surface area contributed by atoms with Crippen LogP contribution in [-0.4, -0.2) is 57.2 Å². The van der Waals surface area contributed by atoms with Crippen LogP contribution in [0.5, 0.6) is 5.75 Å². The molecule has 0 aliphatic heterocycles. The molecule has 26 heavy (non-hydrogen) atoms. The summed E-state index contributed by atoms with van der Waals surface area (Å²) < 4.78 is 19.2. The SMILES string of the molecule is CCOCc1nc(-c2cn(-c3cccc(OC)c3)nn2)n(CCOC)n1. The minimum Gasteiger partial charge on any atom is -0.497 e. The molecule has 0 radical (unpaired) electrons. The quantitative estimate of drug-likeness (QED) is 0.575. The Hall–Kier alpha value is -2.78. The standard InChI is InChI=1S/C17H22N6O3/c1-4-26-12-16-18-17(22(20-16)8-9-24-2)15-11-23(21-19-15)13-6-5-7-14(10-13)25-3/h5-7,10-11H,4,8-9,12H2,1-3H3. The smallest absolute Gasteiger partial charge is 0.180 e. The van der Waals surface area contributed by atoms with Gasteiger partial charge in [-0.25, -0.2) is 14.3 Å². The Morgan fingerprint density at radius 1 is 1.19 bits per heavy atom. The van der Waals surface area contributed by atoms with Crippen LogP contribution in [0, 0.1) is 0 Å². The molecule has 3 aromatic rings. The second kappa shape index (κ2) is 8.54. The lowest BCUT2D eigenvalue weighted by Crippen LogP contribution is -2.08. The largest absolute Gasteiger partial charge is 0.497 e. The lowest BCUT2D eigenvalue weighted by molar-refractivity contribution is 0.127. The molecule has 1 aromatic carbocycles. The van der Waals surface area contributed by atoms with Crippen LogP contribution in [0.1, 0.15) is 12.7 Å². The Balaban J connectivity index is 1.90. The first kappa shape index (κ1) is 18.0. The summed E-state index contributed by atoms with van der Waals surface area (Å²) in [6, 6.07) is 7.59. The Morgan fingerprint density at radius 2 is 2.08 bits per heavy atom. The first-order valence-electron chi connectivity index (χ1n) is 8.32. The third-order valence-corrected chi connectivity index (χ3v) is 3.70. The van der Waals surface area contributed by atoms with Gasteiger partial charge in [0.2, 0.25) is 0 Å². The maximum Gasteiger partial charge on any atom is 0.180 e. The van der Waals surface area contributed by atoms with E-state index in [4.69, 9.17) is 14.2 Å². The zero-order valence-corrected chi connectivity index (χ0v) is 15.1. The number of benzene rings is 1. The van der Waals surface area contributed by atoms with E-state index < -0.39 is 0 Å². The van der Waals surface area contributed by atoms with E-state index in [9.17, 15) is 0 Å². The van der Waals surface area contributed by atoms with Gasteiger partial charge in [0.1, 0.15) is 12.4 Å². The molecule has 0 amide bonds. The highest BCUT2D eigenvalue weighted by atomic mass is 16.5. The highest BCUT2D eigenvalue weighted by molar-refractivity contribution is 5.49. The summed E-state index contributed by atoms with van der Waals surface area (Å²) in [5.74, 6) is 1.99. The summed E-state index contributed by atoms with van der Waals surface area (Å²) in [7, 11) is 3.28. The summed E-state index contributed by atoms with van der Waals surface area (Å²) in [5.41, 5.74) is 1.47. The zero-order chi connectivity index (χ0) is 18.4. The van der Waals surface area contributed by atoms with Crippen LogP contribution in [0.25, 0.3) is 17.2 Å². The Labute approximate surface area is 151 Å². The molecule has 0 aliphatic carbocycles. The van der Waals surface area contributed by atoms with E-state index in [2.05, 4.69) is 20.4 Å². The summed E-state index contributed by atoms with van der Waals surface area (Å²) in [4.78, 5) is 4.54. The van der Waals surface area contributed by atoms with Crippen LogP contribution >= 0.6 is 0 Å². The van der Waals surface area contributed by atoms with Crippen molar-refractivity contribution in [2.45, 2.75) is 20.1 Å². The number of hydrogen-bond acceptors (Lipinski definition) is 7. The molecule has 3 rings (SSSR count). The molecule has 0 fully saturated rings. The van der Waals surface area contributed by atoms with Gasteiger partial charge in [0.25, 0.3) is 0 Å². The number of nitrogens with zero attached hydrogens (tertiary/aromatic N) is 6. The lowest BCUT2D eigenvalue weighted by Gasteiger charge is -2.03. The van der Waals surface area contributed by atoms with Gasteiger partial charge in [0.05, 0.1) is 32.1 Å². The first-order valence-corrected chi connectivity index (χ1v) is 8.32. The Kier molecular flexibility index (Phi) is 5.92. The molecular formula is C17H22N6O3. The molecule has 0 saturated heterocycles. The maximum absolute atomic E-state index is 5.40. The average molecular weight is 358 g/mol. The van der Waals surface area contributed by atoms with Gasteiger partial charge >= 0.3 is 0 Å². The molecule has 0 bridgehead atoms. The van der Waals surface area contributed by atoms with E-state index in [0.29, 0.717) is 43.7 Å². The molecule has 0 aliphatic rings. The van der Waals surface area contributed by atoms with E-state index in [1.165, 1.54) is 0 Å². The number of aromatic nitrogens is 6. The number of ether oxygens (including phenoxy) is 3. The molecule has 0 N–H and O–H groups in total. The van der Waals surface area contributed by atoms with Crippen molar-refractivity contribution in [1.82, 2.24) is 29.8 Å². The summed E-state index contributed by atoms with van der Waals surface area (Å²) >= 11 is 0. The van der Waals surface area contributed by atoms with Gasteiger partial charge in [-0.2, -0.15) is 5.10 Å². The van der Waals surface area contributed by atoms with Crippen molar-refractivity contribution in [2.24, 2.45) is 0 Å². The van der Waals surface area contributed by atoms with Crippen LogP contribution < -0.4 is 4.74 Å². The average Bonchev–Trinajstić information content (AvgIpc) is 3.31. The molecule has 138 valence electrons. The first-order chi connectivity index (χ1) is 12.7. The van der Waals surface area contributed by atoms with Crippen molar-refractivity contribution >= 4 is 0 Å². The van der Waals surface area contributed by atoms with Crippen molar-refractivity contribution < 1.29 is 14.2 Å². The summed E-state index contributed by atoms with van der Waals surface area (Å²) in [6.07, 6.45) is 1.81. The summed E-state index contributed by atoms with van der Waals surface area (Å²) in [5, 5.41) is 12.9. The molecule has 0 saturated carbocycles. The van der Waals surface area contributed by atoms with Gasteiger partial charge in [-0.3, -0.25) is 0 Å². The van der Waals surface area contributed by atoms with E-state index in [-0.39, 0.29) is 0 Å². The van der Waals surface area contributed by atoms with Crippen LogP contribution in [0.2, 0.25) is 0 Å². The number of rotatable bonds is 9. The third-order valence-electron chi connectivity index (χ3n) is 3.70. The van der Waals surface area contributed by atoms with Gasteiger partial charge in [-0.1, -0.05) is 11.3 Å². The van der Waals surface area contributed by atoms with Gasteiger partial charge in [0, 0.05) is 19.8 Å². The van der Waals surface area contributed by atoms with Crippen LogP contribution in [0.3, 0.4) is 0 Å². The van der Waals surface area contributed by atoms with E-state index in [0.717, 1.165) is 11.4 Å². The molecule has 0 atom stereocenters. The van der Waals surface area contributed by atoms with Gasteiger partial charge in [-0.15, -0.1) is 5.10 Å². The normalized spacial score (nSPS) is 11.0. The van der Waals surface area contributed by atoms with Gasteiger partial charge < -0.3 is 14.2 Å². The Morgan fingerprint density at radius 3 is 2.85 bits per heavy atom. The van der Waals surface area contributed by atoms with E-state index >= 15 is 0 Å². The predicted octanol–water partition coefficient (Wildman–Crippen LogP) is 1.72. The van der Waals surface area contributed by atoms with Crippen LogP contribution in [-0.2, 0) is 22.6 Å². The fraction of sp³-hybridized carbons (Fsp3) is 0.412. The van der Waals surface area contributed by atoms with Gasteiger partial charge in [0.15, 0.2) is 17.3 Å². The number of hydrogen-bond donors (Lipinski definition) is 0. The van der Waals surface area contributed by atoms with E-state index in [1.807, 2.05) is 37.4 Å². The predicted molar refractivity (Wildman–Crippen MR) is 94.1 cm³/mol. The molecule has 2 aromatic heterocycles. The monoisotopic (exact) mass is 358 g/mol. The molecule has 9 heteroatoms. The topological polar surface area (TPSA) is 89.1 Å². The highest BCUT2D eigenvalue weighted by Gasteiger charge is 2.16. The molecule has 0 unspecified atom stereocenters. The van der Waals surface area contributed by atoms with Crippen LogP contribution in [0.4, 0.5) is 0 Å². The number of methoxy groups -OCH3 is 2. The highest BCUT2D eigenvalue weighted by Crippen LogP contribution is 2.19. The fourth-order valence-electron chi connectivity index (χ4n) is 2.41. The molecule has 9 nitrogen and oxygen atoms in total. The second-order valence-electron chi connectivity index (χ2n) is 5.45. The zero-order valence-electron chi connectivity index (χ0n) is 15.1. The van der Waals surface area contributed by atoms with Crippen molar-refractivity contribution in [3.63, 3.8) is 0 Å². The molecule has 2 heterocycles. The van der Waals surface area contributed by atoms with E-state index in [1.54, 1.807) is 23.6 Å². The minimum atomic E-state index is 0.355. The van der Waals surface area contributed by atoms with Crippen molar-refractivity contribution in [3.8, 4) is 23.0 Å². The van der Waals surface area contributed by atoms with Gasteiger partial charge in [-0.05, 0) is 19.1 Å². The fourth-order valence-corrected chi connectivity index (χ4v) is 2.41. The molecular weight excluding hydrogens is 336 g/mol. The lowest BCUT2D eigenvalue weighted by atomic mass is 10.3. The Bertz CT molecular complexity index is 845. The van der Waals surface area contributed by atoms with Crippen LogP contribution in [0.15, 0.2) is 30.5 Å².